The summed E-state index contributed by atoms with van der Waals surface area (Å²) in [4.78, 5) is 40.5. The highest BCUT2D eigenvalue weighted by Crippen LogP contribution is 2.25. The Morgan fingerprint density at radius 1 is 1.09 bits per heavy atom. The summed E-state index contributed by atoms with van der Waals surface area (Å²) >= 11 is 4.22. The van der Waals surface area contributed by atoms with Crippen LogP contribution in [-0.2, 0) is 20.9 Å². The molecule has 0 saturated carbocycles. The van der Waals surface area contributed by atoms with E-state index in [-0.39, 0.29) is 18.8 Å². The molecule has 35 heavy (non-hydrogen) atoms. The fourth-order valence-electron chi connectivity index (χ4n) is 3.43. The van der Waals surface area contributed by atoms with Crippen molar-refractivity contribution < 1.29 is 19.1 Å². The van der Waals surface area contributed by atoms with E-state index in [2.05, 4.69) is 23.3 Å². The maximum Gasteiger partial charge on any atom is 0.408 e. The third-order valence-electron chi connectivity index (χ3n) is 5.05. The molecule has 2 aromatic carbocycles. The predicted octanol–water partition coefficient (Wildman–Crippen LogP) is 3.53. The molecule has 0 aliphatic rings. The summed E-state index contributed by atoms with van der Waals surface area (Å²) in [6.07, 6.45) is -0.789. The molecule has 2 aromatic rings. The van der Waals surface area contributed by atoms with Crippen LogP contribution in [0.15, 0.2) is 54.6 Å². The summed E-state index contributed by atoms with van der Waals surface area (Å²) in [5.74, 6) is -1.11. The molecule has 186 valence electrons. The molecule has 0 aromatic heterocycles. The second-order valence-corrected chi connectivity index (χ2v) is 9.33. The first-order valence-corrected chi connectivity index (χ1v) is 11.9. The first-order chi connectivity index (χ1) is 16.6. The van der Waals surface area contributed by atoms with E-state index in [0.29, 0.717) is 5.56 Å². The minimum absolute atomic E-state index is 0.0495. The molecule has 2 rings (SSSR count). The lowest BCUT2D eigenvalue weighted by atomic mass is 9.98. The molecule has 2 N–H and O–H groups in total. The van der Waals surface area contributed by atoms with Gasteiger partial charge in [-0.15, -0.1) is 0 Å². The molecule has 0 saturated heterocycles. The zero-order valence-electron chi connectivity index (χ0n) is 20.4. The number of hydrogen-bond acceptors (Lipinski definition) is 6. The quantitative estimate of drug-likeness (QED) is 0.363. The first-order valence-electron chi connectivity index (χ1n) is 11.2. The summed E-state index contributed by atoms with van der Waals surface area (Å²) in [5.41, 5.74) is 1.49. The van der Waals surface area contributed by atoms with Gasteiger partial charge < -0.3 is 20.3 Å². The SMILES string of the molecule is Cc1ccccc1C(C(=O)NCc1ccccc1)N(CC#N)C(=O)C(CS)NC(=O)OC(C)(C)C. The maximum atomic E-state index is 13.5. The second-order valence-electron chi connectivity index (χ2n) is 8.97. The highest BCUT2D eigenvalue weighted by Gasteiger charge is 2.36. The fraction of sp³-hybridized carbons (Fsp3) is 0.385. The van der Waals surface area contributed by atoms with E-state index in [1.54, 1.807) is 32.9 Å². The highest BCUT2D eigenvalue weighted by atomic mass is 32.1. The van der Waals surface area contributed by atoms with Crippen molar-refractivity contribution in [3.63, 3.8) is 0 Å². The monoisotopic (exact) mass is 496 g/mol. The maximum absolute atomic E-state index is 13.5. The molecule has 0 heterocycles. The summed E-state index contributed by atoms with van der Waals surface area (Å²) in [6, 6.07) is 16.3. The van der Waals surface area contributed by atoms with Gasteiger partial charge in [0.2, 0.25) is 11.8 Å². The number of nitrogens with one attached hydrogen (secondary N) is 2. The Morgan fingerprint density at radius 3 is 2.29 bits per heavy atom. The van der Waals surface area contributed by atoms with Crippen molar-refractivity contribution >= 4 is 30.5 Å². The number of rotatable bonds is 9. The van der Waals surface area contributed by atoms with E-state index in [9.17, 15) is 19.6 Å². The molecule has 2 atom stereocenters. The van der Waals surface area contributed by atoms with Crippen molar-refractivity contribution in [3.8, 4) is 6.07 Å². The molecule has 0 radical (unpaired) electrons. The van der Waals surface area contributed by atoms with E-state index in [4.69, 9.17) is 4.74 Å². The lowest BCUT2D eigenvalue weighted by Crippen LogP contribution is -2.54. The number of nitriles is 1. The van der Waals surface area contributed by atoms with Crippen LogP contribution >= 0.6 is 12.6 Å². The number of ether oxygens (including phenoxy) is 1. The predicted molar refractivity (Wildman–Crippen MR) is 137 cm³/mol. The number of benzene rings is 2. The Bertz CT molecular complexity index is 1060. The zero-order valence-corrected chi connectivity index (χ0v) is 21.3. The average molecular weight is 497 g/mol. The van der Waals surface area contributed by atoms with Crippen molar-refractivity contribution in [2.75, 3.05) is 12.3 Å². The standard InChI is InChI=1S/C26H32N4O4S/c1-18-10-8-9-13-20(18)22(23(31)28-16-19-11-6-5-7-12-19)30(15-14-27)24(32)21(17-35)29-25(33)34-26(2,3)4/h5-13,21-22,35H,15-17H2,1-4H3,(H,28,31)(H,29,33). The molecular weight excluding hydrogens is 464 g/mol. The van der Waals surface area contributed by atoms with Crippen LogP contribution in [0.4, 0.5) is 4.79 Å². The number of carbonyl (C=O) groups excluding carboxylic acids is 3. The average Bonchev–Trinajstić information content (AvgIpc) is 2.81. The van der Waals surface area contributed by atoms with Crippen LogP contribution in [0.5, 0.6) is 0 Å². The highest BCUT2D eigenvalue weighted by molar-refractivity contribution is 7.80. The number of nitrogens with zero attached hydrogens (tertiary/aromatic N) is 2. The van der Waals surface area contributed by atoms with Gasteiger partial charge >= 0.3 is 6.09 Å². The van der Waals surface area contributed by atoms with Crippen molar-refractivity contribution in [3.05, 3.63) is 71.3 Å². The number of carbonyl (C=O) groups is 3. The van der Waals surface area contributed by atoms with Crippen LogP contribution in [-0.4, -0.2) is 46.7 Å². The van der Waals surface area contributed by atoms with Gasteiger partial charge in [-0.1, -0.05) is 54.6 Å². The fourth-order valence-corrected chi connectivity index (χ4v) is 3.68. The minimum Gasteiger partial charge on any atom is -0.444 e. The number of alkyl carbamates (subject to hydrolysis) is 1. The third-order valence-corrected chi connectivity index (χ3v) is 5.41. The minimum atomic E-state index is -1.10. The molecule has 0 bridgehead atoms. The van der Waals surface area contributed by atoms with E-state index >= 15 is 0 Å². The van der Waals surface area contributed by atoms with E-state index in [1.807, 2.05) is 55.5 Å². The number of thiol groups is 1. The Morgan fingerprint density at radius 2 is 1.71 bits per heavy atom. The molecular formula is C26H32N4O4S. The number of amides is 3. The number of hydrogen-bond donors (Lipinski definition) is 3. The zero-order chi connectivity index (χ0) is 26.0. The first kappa shape index (κ1) is 27.7. The molecule has 0 aliphatic heterocycles. The van der Waals surface area contributed by atoms with Gasteiger partial charge in [0.1, 0.15) is 24.2 Å². The van der Waals surface area contributed by atoms with E-state index in [0.717, 1.165) is 11.1 Å². The van der Waals surface area contributed by atoms with Gasteiger partial charge in [-0.05, 0) is 44.4 Å². The van der Waals surface area contributed by atoms with Crippen molar-refractivity contribution in [1.29, 1.82) is 5.26 Å². The summed E-state index contributed by atoms with van der Waals surface area (Å²) < 4.78 is 5.26. The lowest BCUT2D eigenvalue weighted by Gasteiger charge is -2.33. The van der Waals surface area contributed by atoms with Crippen LogP contribution < -0.4 is 10.6 Å². The van der Waals surface area contributed by atoms with Gasteiger partial charge in [-0.25, -0.2) is 4.79 Å². The molecule has 9 heteroatoms. The summed E-state index contributed by atoms with van der Waals surface area (Å²) in [7, 11) is 0. The van der Waals surface area contributed by atoms with Crippen molar-refractivity contribution in [2.24, 2.45) is 0 Å². The molecule has 3 amide bonds. The van der Waals surface area contributed by atoms with E-state index < -0.39 is 35.6 Å². The lowest BCUT2D eigenvalue weighted by molar-refractivity contribution is -0.141. The molecule has 8 nitrogen and oxygen atoms in total. The van der Waals surface area contributed by atoms with Crippen LogP contribution in [0.3, 0.4) is 0 Å². The van der Waals surface area contributed by atoms with Crippen molar-refractivity contribution in [1.82, 2.24) is 15.5 Å². The largest absolute Gasteiger partial charge is 0.444 e. The molecule has 0 fully saturated rings. The third kappa shape index (κ3) is 8.34. The van der Waals surface area contributed by atoms with Crippen LogP contribution in [0, 0.1) is 18.3 Å². The summed E-state index contributed by atoms with van der Waals surface area (Å²) in [5, 5.41) is 14.9. The number of aryl methyl sites for hydroxylation is 1. The smallest absolute Gasteiger partial charge is 0.408 e. The van der Waals surface area contributed by atoms with Gasteiger partial charge in [0, 0.05) is 12.3 Å². The Hall–Kier alpha value is -3.51. The van der Waals surface area contributed by atoms with Crippen LogP contribution in [0.25, 0.3) is 0 Å². The molecule has 0 spiro atoms. The normalized spacial score (nSPS) is 12.6. The van der Waals surface area contributed by atoms with Gasteiger partial charge in [-0.2, -0.15) is 17.9 Å². The molecule has 0 aliphatic carbocycles. The Kier molecular flexibility index (Phi) is 10.2. The Balaban J connectivity index is 2.38. The van der Waals surface area contributed by atoms with Gasteiger partial charge in [0.25, 0.3) is 0 Å². The Labute approximate surface area is 212 Å². The topological polar surface area (TPSA) is 112 Å². The molecule has 2 unspecified atom stereocenters. The van der Waals surface area contributed by atoms with Crippen LogP contribution in [0.2, 0.25) is 0 Å². The van der Waals surface area contributed by atoms with Gasteiger partial charge in [-0.3, -0.25) is 9.59 Å². The second kappa shape index (κ2) is 12.8. The summed E-state index contributed by atoms with van der Waals surface area (Å²) in [6.45, 7) is 6.84. The van der Waals surface area contributed by atoms with Gasteiger partial charge in [0.15, 0.2) is 0 Å². The van der Waals surface area contributed by atoms with Gasteiger partial charge in [0.05, 0.1) is 6.07 Å². The van der Waals surface area contributed by atoms with Crippen LogP contribution in [0.1, 0.15) is 43.5 Å². The van der Waals surface area contributed by atoms with E-state index in [1.165, 1.54) is 4.90 Å². The van der Waals surface area contributed by atoms with Crippen molar-refractivity contribution in [2.45, 2.75) is 51.9 Å².